The van der Waals surface area contributed by atoms with Crippen molar-refractivity contribution in [2.45, 2.75) is 38.0 Å². The van der Waals surface area contributed by atoms with E-state index in [4.69, 9.17) is 4.74 Å². The molecule has 3 rings (SSSR count). The van der Waals surface area contributed by atoms with Crippen molar-refractivity contribution in [3.63, 3.8) is 0 Å². The second-order valence-electron chi connectivity index (χ2n) is 5.88. The summed E-state index contributed by atoms with van der Waals surface area (Å²) in [5.74, 6) is 0.872. The third-order valence-electron chi connectivity index (χ3n) is 3.92. The predicted octanol–water partition coefficient (Wildman–Crippen LogP) is 2.09. The molecule has 0 bridgehead atoms. The smallest absolute Gasteiger partial charge is 0.130 e. The van der Waals surface area contributed by atoms with Crippen molar-refractivity contribution in [3.8, 4) is 0 Å². The maximum Gasteiger partial charge on any atom is 0.130 e. The third kappa shape index (κ3) is 4.32. The normalized spacial score (nSPS) is 21.4. The first-order valence-corrected chi connectivity index (χ1v) is 7.78. The van der Waals surface area contributed by atoms with E-state index in [0.717, 1.165) is 38.2 Å². The highest BCUT2D eigenvalue weighted by Crippen LogP contribution is 2.22. The van der Waals surface area contributed by atoms with Crippen molar-refractivity contribution in [2.75, 3.05) is 13.6 Å². The largest absolute Gasteiger partial charge is 0.373 e. The Labute approximate surface area is 131 Å². The van der Waals surface area contributed by atoms with Crippen molar-refractivity contribution in [3.05, 3.63) is 54.4 Å². The number of rotatable bonds is 6. The molecule has 22 heavy (non-hydrogen) atoms. The minimum Gasteiger partial charge on any atom is -0.373 e. The molecule has 0 radical (unpaired) electrons. The number of pyridine rings is 1. The lowest BCUT2D eigenvalue weighted by molar-refractivity contribution is 0.0258. The van der Waals surface area contributed by atoms with Crippen molar-refractivity contribution in [1.82, 2.24) is 19.9 Å². The first-order valence-electron chi connectivity index (χ1n) is 7.78. The zero-order chi connectivity index (χ0) is 15.2. The predicted molar refractivity (Wildman–Crippen MR) is 84.2 cm³/mol. The topological polar surface area (TPSA) is 51.1 Å². The highest BCUT2D eigenvalue weighted by molar-refractivity contribution is 5.08. The summed E-state index contributed by atoms with van der Waals surface area (Å²) in [6, 6.07) is 5.93. The Balaban J connectivity index is 1.44. The van der Waals surface area contributed by atoms with Crippen LogP contribution in [-0.4, -0.2) is 45.7 Å². The first kappa shape index (κ1) is 15.1. The second-order valence-corrected chi connectivity index (χ2v) is 5.88. The van der Waals surface area contributed by atoms with Crippen LogP contribution in [0.3, 0.4) is 0 Å². The van der Waals surface area contributed by atoms with Gasteiger partial charge >= 0.3 is 0 Å². The molecule has 0 saturated carbocycles. The molecule has 1 aliphatic rings. The Morgan fingerprint density at radius 2 is 1.95 bits per heavy atom. The lowest BCUT2D eigenvalue weighted by atomic mass is 10.1. The van der Waals surface area contributed by atoms with Crippen LogP contribution in [-0.2, 0) is 17.7 Å². The molecule has 0 N–H and O–H groups in total. The second kappa shape index (κ2) is 7.42. The molecule has 0 aromatic carbocycles. The zero-order valence-electron chi connectivity index (χ0n) is 12.9. The zero-order valence-corrected chi connectivity index (χ0v) is 12.9. The van der Waals surface area contributed by atoms with E-state index in [2.05, 4.69) is 33.0 Å². The molecule has 1 saturated heterocycles. The van der Waals surface area contributed by atoms with Gasteiger partial charge in [0.2, 0.25) is 0 Å². The molecule has 2 aromatic rings. The molecule has 116 valence electrons. The van der Waals surface area contributed by atoms with Crippen LogP contribution in [0.5, 0.6) is 0 Å². The molecule has 2 aromatic heterocycles. The lowest BCUT2D eigenvalue weighted by Crippen LogP contribution is -2.29. The number of likely N-dealkylation sites (N-methyl/N-ethyl adjacent to an activating group) is 1. The van der Waals surface area contributed by atoms with Crippen molar-refractivity contribution >= 4 is 0 Å². The Morgan fingerprint density at radius 3 is 2.73 bits per heavy atom. The molecule has 0 unspecified atom stereocenters. The van der Waals surface area contributed by atoms with Gasteiger partial charge in [0.15, 0.2) is 0 Å². The lowest BCUT2D eigenvalue weighted by Gasteiger charge is -2.21. The van der Waals surface area contributed by atoms with Crippen LogP contribution in [0.15, 0.2) is 43.0 Å². The molecular formula is C17H22N4O. The number of hydrogen-bond donors (Lipinski definition) is 0. The Morgan fingerprint density at radius 1 is 1.14 bits per heavy atom. The van der Waals surface area contributed by atoms with Gasteiger partial charge < -0.3 is 4.74 Å². The van der Waals surface area contributed by atoms with Gasteiger partial charge in [-0.1, -0.05) is 6.07 Å². The van der Waals surface area contributed by atoms with Crippen LogP contribution in [0.25, 0.3) is 0 Å². The van der Waals surface area contributed by atoms with Crippen molar-refractivity contribution in [1.29, 1.82) is 0 Å². The summed E-state index contributed by atoms with van der Waals surface area (Å²) < 4.78 is 6.14. The van der Waals surface area contributed by atoms with Crippen molar-refractivity contribution < 1.29 is 4.74 Å². The molecule has 1 fully saturated rings. The van der Waals surface area contributed by atoms with E-state index >= 15 is 0 Å². The van der Waals surface area contributed by atoms with Gasteiger partial charge in [0.05, 0.1) is 12.2 Å². The standard InChI is InChI=1S/C17H22N4O/c1-21(12-14-4-2-7-18-11-14)13-16-6-5-15(22-16)10-17-19-8-3-9-20-17/h2-4,7-9,11,15-16H,5-6,10,12-13H2,1H3/t15-,16+/m0/s1. The van der Waals surface area contributed by atoms with E-state index in [1.165, 1.54) is 5.56 Å². The average molecular weight is 298 g/mol. The summed E-state index contributed by atoms with van der Waals surface area (Å²) in [5.41, 5.74) is 1.23. The molecule has 3 heterocycles. The SMILES string of the molecule is CN(Cc1cccnc1)C[C@H]1CC[C@@H](Cc2ncccn2)O1. The fourth-order valence-corrected chi connectivity index (χ4v) is 2.92. The summed E-state index contributed by atoms with van der Waals surface area (Å²) >= 11 is 0. The molecule has 5 nitrogen and oxygen atoms in total. The molecule has 2 atom stereocenters. The summed E-state index contributed by atoms with van der Waals surface area (Å²) in [4.78, 5) is 15.0. The van der Waals surface area contributed by atoms with Gasteiger partial charge in [0, 0.05) is 44.3 Å². The molecular weight excluding hydrogens is 276 g/mol. The van der Waals surface area contributed by atoms with Crippen LogP contribution >= 0.6 is 0 Å². The Hall–Kier alpha value is -1.85. The number of nitrogens with zero attached hydrogens (tertiary/aromatic N) is 4. The van der Waals surface area contributed by atoms with Gasteiger partial charge in [-0.05, 0) is 37.6 Å². The number of ether oxygens (including phenoxy) is 1. The Bertz CT molecular complexity index is 563. The molecule has 0 amide bonds. The maximum atomic E-state index is 6.14. The monoisotopic (exact) mass is 298 g/mol. The fourth-order valence-electron chi connectivity index (χ4n) is 2.92. The van der Waals surface area contributed by atoms with Gasteiger partial charge in [-0.2, -0.15) is 0 Å². The van der Waals surface area contributed by atoms with Crippen LogP contribution < -0.4 is 0 Å². The van der Waals surface area contributed by atoms with E-state index in [1.54, 1.807) is 18.6 Å². The van der Waals surface area contributed by atoms with Crippen LogP contribution in [0.2, 0.25) is 0 Å². The molecule has 0 aliphatic carbocycles. The quantitative estimate of drug-likeness (QED) is 0.817. The summed E-state index contributed by atoms with van der Waals surface area (Å²) in [6.07, 6.45) is 10.9. The van der Waals surface area contributed by atoms with E-state index in [1.807, 2.05) is 18.3 Å². The van der Waals surface area contributed by atoms with Crippen LogP contribution in [0, 0.1) is 0 Å². The summed E-state index contributed by atoms with van der Waals surface area (Å²) in [5, 5.41) is 0. The van der Waals surface area contributed by atoms with Gasteiger partial charge in [-0.15, -0.1) is 0 Å². The molecule has 1 aliphatic heterocycles. The van der Waals surface area contributed by atoms with Crippen LogP contribution in [0.4, 0.5) is 0 Å². The maximum absolute atomic E-state index is 6.14. The highest BCUT2D eigenvalue weighted by Gasteiger charge is 2.26. The van der Waals surface area contributed by atoms with E-state index in [9.17, 15) is 0 Å². The van der Waals surface area contributed by atoms with Gasteiger partial charge in [0.25, 0.3) is 0 Å². The highest BCUT2D eigenvalue weighted by atomic mass is 16.5. The van der Waals surface area contributed by atoms with Gasteiger partial charge in [0.1, 0.15) is 5.82 Å². The summed E-state index contributed by atoms with van der Waals surface area (Å²) in [6.45, 7) is 1.85. The van der Waals surface area contributed by atoms with Crippen LogP contribution in [0.1, 0.15) is 24.2 Å². The minimum atomic E-state index is 0.249. The van der Waals surface area contributed by atoms with Crippen molar-refractivity contribution in [2.24, 2.45) is 0 Å². The fraction of sp³-hybridized carbons (Fsp3) is 0.471. The van der Waals surface area contributed by atoms with E-state index in [-0.39, 0.29) is 6.10 Å². The number of aromatic nitrogens is 3. The number of hydrogen-bond acceptors (Lipinski definition) is 5. The molecule has 0 spiro atoms. The van der Waals surface area contributed by atoms with E-state index in [0.29, 0.717) is 6.10 Å². The molecule has 5 heteroatoms. The first-order chi connectivity index (χ1) is 10.8. The minimum absolute atomic E-state index is 0.249. The van der Waals surface area contributed by atoms with Gasteiger partial charge in [-0.25, -0.2) is 9.97 Å². The third-order valence-corrected chi connectivity index (χ3v) is 3.92. The van der Waals surface area contributed by atoms with Gasteiger partial charge in [-0.3, -0.25) is 9.88 Å². The summed E-state index contributed by atoms with van der Waals surface area (Å²) in [7, 11) is 2.13. The Kier molecular flexibility index (Phi) is 5.08. The average Bonchev–Trinajstić information content (AvgIpc) is 2.96. The van der Waals surface area contributed by atoms with E-state index < -0.39 is 0 Å².